The SMILES string of the molecule is CCOC(=O)N1CCC(NC(N)=NCCCc2cccc(OC)c2)CC1.I. The molecule has 1 saturated heterocycles. The number of amides is 1. The number of hydrogen-bond donors (Lipinski definition) is 2. The molecule has 152 valence electrons. The highest BCUT2D eigenvalue weighted by Gasteiger charge is 2.23. The van der Waals surface area contributed by atoms with Crippen molar-refractivity contribution in [3.63, 3.8) is 0 Å². The van der Waals surface area contributed by atoms with E-state index in [0.29, 0.717) is 32.2 Å². The molecular formula is C19H31IN4O3. The van der Waals surface area contributed by atoms with Gasteiger partial charge in [0.2, 0.25) is 0 Å². The average Bonchev–Trinajstić information content (AvgIpc) is 2.66. The predicted octanol–water partition coefficient (Wildman–Crippen LogP) is 2.77. The van der Waals surface area contributed by atoms with Crippen LogP contribution < -0.4 is 15.8 Å². The molecule has 1 aliphatic heterocycles. The Morgan fingerprint density at radius 3 is 2.78 bits per heavy atom. The number of aliphatic imine (C=N–C) groups is 1. The van der Waals surface area contributed by atoms with Gasteiger partial charge < -0.3 is 25.4 Å². The Labute approximate surface area is 178 Å². The number of piperidine rings is 1. The predicted molar refractivity (Wildman–Crippen MR) is 118 cm³/mol. The van der Waals surface area contributed by atoms with E-state index >= 15 is 0 Å². The van der Waals surface area contributed by atoms with Crippen LogP contribution >= 0.6 is 24.0 Å². The number of carbonyl (C=O) groups is 1. The third-order valence-electron chi connectivity index (χ3n) is 4.41. The van der Waals surface area contributed by atoms with E-state index in [1.165, 1.54) is 5.56 Å². The first kappa shape index (κ1) is 23.3. The first-order valence-electron chi connectivity index (χ1n) is 9.23. The van der Waals surface area contributed by atoms with Gasteiger partial charge in [-0.25, -0.2) is 4.79 Å². The van der Waals surface area contributed by atoms with Crippen molar-refractivity contribution in [2.45, 2.75) is 38.6 Å². The highest BCUT2D eigenvalue weighted by Crippen LogP contribution is 2.14. The summed E-state index contributed by atoms with van der Waals surface area (Å²) in [7, 11) is 1.67. The number of ether oxygens (including phenoxy) is 2. The van der Waals surface area contributed by atoms with Gasteiger partial charge in [0.25, 0.3) is 0 Å². The maximum Gasteiger partial charge on any atom is 0.409 e. The monoisotopic (exact) mass is 490 g/mol. The minimum absolute atomic E-state index is 0. The summed E-state index contributed by atoms with van der Waals surface area (Å²) in [6.45, 7) is 4.26. The van der Waals surface area contributed by atoms with Crippen LogP contribution in [0.4, 0.5) is 4.79 Å². The molecule has 8 heteroatoms. The lowest BCUT2D eigenvalue weighted by Gasteiger charge is -2.31. The maximum atomic E-state index is 11.7. The van der Waals surface area contributed by atoms with Gasteiger partial charge in [0.1, 0.15) is 5.75 Å². The molecule has 3 N–H and O–H groups in total. The fourth-order valence-corrected chi connectivity index (χ4v) is 2.99. The number of nitrogens with two attached hydrogens (primary N) is 1. The van der Waals surface area contributed by atoms with Crippen LogP contribution in [0.2, 0.25) is 0 Å². The van der Waals surface area contributed by atoms with Crippen molar-refractivity contribution >= 4 is 36.0 Å². The van der Waals surface area contributed by atoms with E-state index in [2.05, 4.69) is 16.4 Å². The third-order valence-corrected chi connectivity index (χ3v) is 4.41. The molecule has 1 aromatic carbocycles. The summed E-state index contributed by atoms with van der Waals surface area (Å²) in [5.41, 5.74) is 7.22. The number of benzene rings is 1. The first-order chi connectivity index (χ1) is 12.6. The summed E-state index contributed by atoms with van der Waals surface area (Å²) < 4.78 is 10.3. The van der Waals surface area contributed by atoms with Gasteiger partial charge in [-0.1, -0.05) is 12.1 Å². The van der Waals surface area contributed by atoms with Crippen molar-refractivity contribution in [3.05, 3.63) is 29.8 Å². The van der Waals surface area contributed by atoms with Crippen LogP contribution in [0.3, 0.4) is 0 Å². The zero-order valence-electron chi connectivity index (χ0n) is 16.1. The van der Waals surface area contributed by atoms with Crippen molar-refractivity contribution in [2.24, 2.45) is 10.7 Å². The standard InChI is InChI=1S/C19H30N4O3.HI/c1-3-26-19(24)23-12-9-16(10-13-23)22-18(20)21-11-5-7-15-6-4-8-17(14-15)25-2;/h4,6,8,14,16H,3,5,7,9-13H2,1-2H3,(H3,20,21,22);1H. The van der Waals surface area contributed by atoms with Gasteiger partial charge in [0, 0.05) is 25.7 Å². The number of nitrogens with one attached hydrogen (secondary N) is 1. The fourth-order valence-electron chi connectivity index (χ4n) is 2.99. The smallest absolute Gasteiger partial charge is 0.409 e. The number of guanidine groups is 1. The Balaban J connectivity index is 0.00000364. The Bertz CT molecular complexity index is 604. The van der Waals surface area contributed by atoms with E-state index in [-0.39, 0.29) is 36.1 Å². The summed E-state index contributed by atoms with van der Waals surface area (Å²) in [5, 5.41) is 3.26. The molecule has 0 unspecified atom stereocenters. The largest absolute Gasteiger partial charge is 0.497 e. The van der Waals surface area contributed by atoms with Gasteiger partial charge in [0.15, 0.2) is 5.96 Å². The third kappa shape index (κ3) is 8.23. The summed E-state index contributed by atoms with van der Waals surface area (Å²) in [6, 6.07) is 8.32. The fraction of sp³-hybridized carbons (Fsp3) is 0.579. The molecule has 1 amide bonds. The van der Waals surface area contributed by atoms with Gasteiger partial charge >= 0.3 is 6.09 Å². The van der Waals surface area contributed by atoms with Crippen LogP contribution in [-0.2, 0) is 11.2 Å². The zero-order valence-corrected chi connectivity index (χ0v) is 18.5. The Morgan fingerprint density at radius 1 is 1.37 bits per heavy atom. The van der Waals surface area contributed by atoms with Gasteiger partial charge in [-0.2, -0.15) is 0 Å². The number of likely N-dealkylation sites (tertiary alicyclic amines) is 1. The first-order valence-corrected chi connectivity index (χ1v) is 9.23. The van der Waals surface area contributed by atoms with Crippen LogP contribution in [0.25, 0.3) is 0 Å². The number of halogens is 1. The van der Waals surface area contributed by atoms with Crippen molar-refractivity contribution < 1.29 is 14.3 Å². The van der Waals surface area contributed by atoms with E-state index in [0.717, 1.165) is 31.4 Å². The molecule has 0 aromatic heterocycles. The number of rotatable bonds is 7. The molecule has 0 saturated carbocycles. The van der Waals surface area contributed by atoms with E-state index < -0.39 is 0 Å². The summed E-state index contributed by atoms with van der Waals surface area (Å²) in [6.07, 6.45) is 3.32. The molecule has 0 radical (unpaired) electrons. The summed E-state index contributed by atoms with van der Waals surface area (Å²) >= 11 is 0. The molecule has 0 bridgehead atoms. The van der Waals surface area contributed by atoms with Gasteiger partial charge in [0.05, 0.1) is 13.7 Å². The highest BCUT2D eigenvalue weighted by atomic mass is 127. The highest BCUT2D eigenvalue weighted by molar-refractivity contribution is 14.0. The summed E-state index contributed by atoms with van der Waals surface area (Å²) in [4.78, 5) is 17.8. The van der Waals surface area contributed by atoms with Crippen molar-refractivity contribution in [3.8, 4) is 5.75 Å². The maximum absolute atomic E-state index is 11.7. The van der Waals surface area contributed by atoms with Gasteiger partial charge in [-0.05, 0) is 50.3 Å². The second-order valence-corrected chi connectivity index (χ2v) is 6.33. The molecule has 1 aromatic rings. The van der Waals surface area contributed by atoms with Crippen molar-refractivity contribution in [1.29, 1.82) is 0 Å². The second kappa shape index (κ2) is 12.6. The van der Waals surface area contributed by atoms with E-state index in [9.17, 15) is 4.79 Å². The van der Waals surface area contributed by atoms with Crippen molar-refractivity contribution in [1.82, 2.24) is 10.2 Å². The number of hydrogen-bond acceptors (Lipinski definition) is 4. The Kier molecular flexibility index (Phi) is 10.9. The number of methoxy groups -OCH3 is 1. The molecule has 0 atom stereocenters. The summed E-state index contributed by atoms with van der Waals surface area (Å²) in [5.74, 6) is 1.35. The second-order valence-electron chi connectivity index (χ2n) is 6.33. The van der Waals surface area contributed by atoms with Crippen LogP contribution in [0, 0.1) is 0 Å². The minimum Gasteiger partial charge on any atom is -0.497 e. The Morgan fingerprint density at radius 2 is 2.11 bits per heavy atom. The van der Waals surface area contributed by atoms with Gasteiger partial charge in [-0.15, -0.1) is 24.0 Å². The van der Waals surface area contributed by atoms with Crippen LogP contribution in [0.15, 0.2) is 29.3 Å². The quantitative estimate of drug-likeness (QED) is 0.266. The molecule has 0 spiro atoms. The average molecular weight is 490 g/mol. The molecule has 7 nitrogen and oxygen atoms in total. The van der Waals surface area contributed by atoms with E-state index in [1.54, 1.807) is 12.0 Å². The lowest BCUT2D eigenvalue weighted by Crippen LogP contribution is -2.48. The van der Waals surface area contributed by atoms with E-state index in [4.69, 9.17) is 15.2 Å². The number of carbonyl (C=O) groups excluding carboxylic acids is 1. The lowest BCUT2D eigenvalue weighted by atomic mass is 10.1. The van der Waals surface area contributed by atoms with E-state index in [1.807, 2.05) is 25.1 Å². The van der Waals surface area contributed by atoms with Crippen LogP contribution in [-0.4, -0.2) is 56.3 Å². The lowest BCUT2D eigenvalue weighted by molar-refractivity contribution is 0.0963. The Hall–Kier alpha value is -1.71. The number of nitrogens with zero attached hydrogens (tertiary/aromatic N) is 2. The molecule has 1 heterocycles. The normalized spacial score (nSPS) is 15.0. The van der Waals surface area contributed by atoms with Crippen molar-refractivity contribution in [2.75, 3.05) is 33.4 Å². The molecule has 27 heavy (non-hydrogen) atoms. The molecule has 1 fully saturated rings. The number of aryl methyl sites for hydroxylation is 1. The van der Waals surface area contributed by atoms with Crippen LogP contribution in [0.1, 0.15) is 31.7 Å². The molecule has 2 rings (SSSR count). The molecule has 0 aliphatic carbocycles. The molecular weight excluding hydrogens is 459 g/mol. The molecule has 1 aliphatic rings. The topological polar surface area (TPSA) is 89.2 Å². The zero-order chi connectivity index (χ0) is 18.8. The van der Waals surface area contributed by atoms with Crippen LogP contribution in [0.5, 0.6) is 5.75 Å². The minimum atomic E-state index is -0.231. The van der Waals surface area contributed by atoms with Gasteiger partial charge in [-0.3, -0.25) is 4.99 Å².